The Hall–Kier alpha value is -0.870. The lowest BCUT2D eigenvalue weighted by Crippen LogP contribution is -2.43. The van der Waals surface area contributed by atoms with E-state index in [9.17, 15) is 0 Å². The van der Waals surface area contributed by atoms with Gasteiger partial charge in [0.15, 0.2) is 0 Å². The molecule has 0 radical (unpaired) electrons. The quantitative estimate of drug-likeness (QED) is 0.775. The second kappa shape index (κ2) is 6.17. The topological polar surface area (TPSA) is 38.2 Å². The number of halogens is 1. The Morgan fingerprint density at radius 3 is 3.12 bits per heavy atom. The summed E-state index contributed by atoms with van der Waals surface area (Å²) in [6, 6.07) is 2.24. The number of piperidine rings is 1. The maximum absolute atomic E-state index is 5.91. The van der Waals surface area contributed by atoms with Crippen molar-refractivity contribution < 1.29 is 4.74 Å². The van der Waals surface area contributed by atoms with Crippen LogP contribution in [0.1, 0.15) is 26.2 Å². The summed E-state index contributed by atoms with van der Waals surface area (Å²) in [5, 5.41) is 0.496. The van der Waals surface area contributed by atoms with Gasteiger partial charge in [-0.1, -0.05) is 11.6 Å². The molecular formula is C12H18ClN3O. The van der Waals surface area contributed by atoms with Crippen molar-refractivity contribution in [3.05, 3.63) is 17.5 Å². The molecule has 0 amide bonds. The van der Waals surface area contributed by atoms with Gasteiger partial charge >= 0.3 is 0 Å². The van der Waals surface area contributed by atoms with Gasteiger partial charge in [-0.2, -0.15) is 0 Å². The SMILES string of the molecule is CCOC[C@@H]1CCCCN1c1cc(Cl)ncn1. The fourth-order valence-corrected chi connectivity index (χ4v) is 2.35. The maximum atomic E-state index is 5.91. The van der Waals surface area contributed by atoms with Gasteiger partial charge < -0.3 is 9.64 Å². The lowest BCUT2D eigenvalue weighted by Gasteiger charge is -2.36. The van der Waals surface area contributed by atoms with E-state index in [-0.39, 0.29) is 0 Å². The van der Waals surface area contributed by atoms with E-state index in [2.05, 4.69) is 14.9 Å². The smallest absolute Gasteiger partial charge is 0.134 e. The van der Waals surface area contributed by atoms with Crippen molar-refractivity contribution in [3.63, 3.8) is 0 Å². The summed E-state index contributed by atoms with van der Waals surface area (Å²) in [5.74, 6) is 0.911. The van der Waals surface area contributed by atoms with E-state index < -0.39 is 0 Å². The maximum Gasteiger partial charge on any atom is 0.134 e. The van der Waals surface area contributed by atoms with E-state index >= 15 is 0 Å². The highest BCUT2D eigenvalue weighted by Gasteiger charge is 2.23. The van der Waals surface area contributed by atoms with Crippen molar-refractivity contribution >= 4 is 17.4 Å². The van der Waals surface area contributed by atoms with Crippen LogP contribution in [0.5, 0.6) is 0 Å². The molecule has 0 saturated carbocycles. The van der Waals surface area contributed by atoms with Crippen LogP contribution in [-0.2, 0) is 4.74 Å². The summed E-state index contributed by atoms with van der Waals surface area (Å²) >= 11 is 5.91. The molecule has 0 aliphatic carbocycles. The van der Waals surface area contributed by atoms with Crippen molar-refractivity contribution in [1.82, 2.24) is 9.97 Å². The highest BCUT2D eigenvalue weighted by Crippen LogP contribution is 2.24. The third-order valence-corrected chi connectivity index (χ3v) is 3.26. The van der Waals surface area contributed by atoms with Crippen LogP contribution in [0.2, 0.25) is 5.15 Å². The summed E-state index contributed by atoms with van der Waals surface area (Å²) in [4.78, 5) is 10.5. The van der Waals surface area contributed by atoms with Crippen LogP contribution in [0.25, 0.3) is 0 Å². The minimum atomic E-state index is 0.412. The molecule has 1 fully saturated rings. The van der Waals surface area contributed by atoms with Crippen LogP contribution in [0.15, 0.2) is 12.4 Å². The van der Waals surface area contributed by atoms with Crippen molar-refractivity contribution in [2.24, 2.45) is 0 Å². The van der Waals surface area contributed by atoms with Crippen LogP contribution < -0.4 is 4.90 Å². The van der Waals surface area contributed by atoms with E-state index in [1.54, 1.807) is 0 Å². The highest BCUT2D eigenvalue weighted by molar-refractivity contribution is 6.29. The summed E-state index contributed by atoms with van der Waals surface area (Å²) in [6.07, 6.45) is 5.13. The van der Waals surface area contributed by atoms with E-state index in [4.69, 9.17) is 16.3 Å². The highest BCUT2D eigenvalue weighted by atomic mass is 35.5. The second-order valence-corrected chi connectivity index (χ2v) is 4.59. The molecule has 0 N–H and O–H groups in total. The number of anilines is 1. The first-order chi connectivity index (χ1) is 8.31. The lowest BCUT2D eigenvalue weighted by molar-refractivity contribution is 0.123. The number of aromatic nitrogens is 2. The second-order valence-electron chi connectivity index (χ2n) is 4.20. The number of hydrogen-bond acceptors (Lipinski definition) is 4. The molecule has 0 spiro atoms. The Kier molecular flexibility index (Phi) is 4.57. The van der Waals surface area contributed by atoms with Gasteiger partial charge in [0.1, 0.15) is 17.3 Å². The number of hydrogen-bond donors (Lipinski definition) is 0. The molecule has 2 heterocycles. The Bertz CT molecular complexity index is 361. The molecule has 1 aliphatic heterocycles. The van der Waals surface area contributed by atoms with E-state index in [1.165, 1.54) is 19.2 Å². The third kappa shape index (κ3) is 3.30. The molecule has 1 aliphatic rings. The Balaban J connectivity index is 2.10. The zero-order valence-corrected chi connectivity index (χ0v) is 10.9. The van der Waals surface area contributed by atoms with E-state index in [0.29, 0.717) is 11.2 Å². The summed E-state index contributed by atoms with van der Waals surface area (Å²) < 4.78 is 5.54. The van der Waals surface area contributed by atoms with Gasteiger partial charge in [0.05, 0.1) is 12.6 Å². The van der Waals surface area contributed by atoms with Crippen LogP contribution in [0.4, 0.5) is 5.82 Å². The largest absolute Gasteiger partial charge is 0.380 e. The first-order valence-electron chi connectivity index (χ1n) is 6.13. The van der Waals surface area contributed by atoms with Gasteiger partial charge in [-0.15, -0.1) is 0 Å². The Labute approximate surface area is 107 Å². The zero-order valence-electron chi connectivity index (χ0n) is 10.1. The van der Waals surface area contributed by atoms with Gasteiger partial charge in [0, 0.05) is 19.2 Å². The molecule has 94 valence electrons. The average Bonchev–Trinajstić information content (AvgIpc) is 2.37. The number of nitrogens with zero attached hydrogens (tertiary/aromatic N) is 3. The van der Waals surface area contributed by atoms with Gasteiger partial charge in [-0.3, -0.25) is 0 Å². The molecule has 5 heteroatoms. The molecular weight excluding hydrogens is 238 g/mol. The van der Waals surface area contributed by atoms with Crippen molar-refractivity contribution in [1.29, 1.82) is 0 Å². The monoisotopic (exact) mass is 255 g/mol. The van der Waals surface area contributed by atoms with Crippen molar-refractivity contribution in [2.75, 3.05) is 24.7 Å². The molecule has 0 unspecified atom stereocenters. The van der Waals surface area contributed by atoms with Crippen LogP contribution in [0.3, 0.4) is 0 Å². The lowest BCUT2D eigenvalue weighted by atomic mass is 10.0. The predicted molar refractivity (Wildman–Crippen MR) is 68.5 cm³/mol. The van der Waals surface area contributed by atoms with Gasteiger partial charge in [0.2, 0.25) is 0 Å². The minimum absolute atomic E-state index is 0.412. The minimum Gasteiger partial charge on any atom is -0.380 e. The third-order valence-electron chi connectivity index (χ3n) is 3.06. The van der Waals surface area contributed by atoms with Crippen molar-refractivity contribution in [3.8, 4) is 0 Å². The normalized spacial score (nSPS) is 20.6. The van der Waals surface area contributed by atoms with Gasteiger partial charge in [-0.25, -0.2) is 9.97 Å². The summed E-state index contributed by atoms with van der Waals surface area (Å²) in [5.41, 5.74) is 0. The van der Waals surface area contributed by atoms with Gasteiger partial charge in [0.25, 0.3) is 0 Å². The standard InChI is InChI=1S/C12H18ClN3O/c1-2-17-8-10-5-3-4-6-16(10)12-7-11(13)14-9-15-12/h7,9-10H,2-6,8H2,1H3/t10-/m0/s1. The molecule has 0 bridgehead atoms. The van der Waals surface area contributed by atoms with Gasteiger partial charge in [-0.05, 0) is 26.2 Å². The van der Waals surface area contributed by atoms with Crippen LogP contribution in [-0.4, -0.2) is 35.8 Å². The molecule has 17 heavy (non-hydrogen) atoms. The first kappa shape index (κ1) is 12.6. The summed E-state index contributed by atoms with van der Waals surface area (Å²) in [7, 11) is 0. The summed E-state index contributed by atoms with van der Waals surface area (Å²) in [6.45, 7) is 4.56. The van der Waals surface area contributed by atoms with E-state index in [0.717, 1.165) is 32.0 Å². The molecule has 2 rings (SSSR count). The fraction of sp³-hybridized carbons (Fsp3) is 0.667. The molecule has 1 aromatic heterocycles. The fourth-order valence-electron chi connectivity index (χ4n) is 2.21. The zero-order chi connectivity index (χ0) is 12.1. The average molecular weight is 256 g/mol. The number of ether oxygens (including phenoxy) is 1. The van der Waals surface area contributed by atoms with Crippen LogP contribution in [0, 0.1) is 0 Å². The first-order valence-corrected chi connectivity index (χ1v) is 6.51. The van der Waals surface area contributed by atoms with Crippen LogP contribution >= 0.6 is 11.6 Å². The Morgan fingerprint density at radius 1 is 1.47 bits per heavy atom. The van der Waals surface area contributed by atoms with Crippen molar-refractivity contribution in [2.45, 2.75) is 32.2 Å². The predicted octanol–water partition coefficient (Wildman–Crippen LogP) is 2.53. The molecule has 1 saturated heterocycles. The Morgan fingerprint density at radius 2 is 2.35 bits per heavy atom. The molecule has 0 aromatic carbocycles. The molecule has 1 atom stereocenters. The number of rotatable bonds is 4. The molecule has 1 aromatic rings. The van der Waals surface area contributed by atoms with E-state index in [1.807, 2.05) is 13.0 Å². The molecule has 4 nitrogen and oxygen atoms in total.